The van der Waals surface area contributed by atoms with Gasteiger partial charge in [-0.25, -0.2) is 0 Å². The standard InChI is InChI=1S/C45H28.C9H12/c1-2-7-33-26-35(17-12-28(33)6-1)39-23-19-32-20-24-41-38(22-18-31-21-25-42(39)45(32)44(31)41)30-15-13-29(14-16-30)36-10-5-11-40-37-9-4-3-8-34(37)27-43(36)40;1-3-9-7-5-4-6-8(9)2/h1-26H,27H2;4-7H,3H2,1-2H3. The third-order valence-corrected chi connectivity index (χ3v) is 11.7. The van der Waals surface area contributed by atoms with Gasteiger partial charge in [-0.2, -0.15) is 0 Å². The lowest BCUT2D eigenvalue weighted by Crippen LogP contribution is -1.90. The highest BCUT2D eigenvalue weighted by molar-refractivity contribution is 6.27. The van der Waals surface area contributed by atoms with Gasteiger partial charge in [0.1, 0.15) is 0 Å². The van der Waals surface area contributed by atoms with Gasteiger partial charge in [0.15, 0.2) is 0 Å². The largest absolute Gasteiger partial charge is 0.0620 e. The molecular formula is C54H40. The van der Waals surface area contributed by atoms with Gasteiger partial charge in [-0.15, -0.1) is 0 Å². The van der Waals surface area contributed by atoms with Gasteiger partial charge in [0.25, 0.3) is 0 Å². The fourth-order valence-electron chi connectivity index (χ4n) is 8.93. The van der Waals surface area contributed by atoms with Crippen LogP contribution in [0.15, 0.2) is 182 Å². The zero-order chi connectivity index (χ0) is 36.2. The molecule has 10 aromatic rings. The molecule has 1 aliphatic carbocycles. The zero-order valence-corrected chi connectivity index (χ0v) is 30.7. The van der Waals surface area contributed by atoms with Crippen molar-refractivity contribution in [3.05, 3.63) is 204 Å². The lowest BCUT2D eigenvalue weighted by atomic mass is 9.86. The molecule has 0 saturated heterocycles. The SMILES string of the molecule is CCc1ccccc1C.c1ccc2c(c1)Cc1c(-c3ccc(-c4ccc5ccc6c(-c7ccc8ccccc8c7)ccc7ccc4c5c76)cc3)cccc1-2. The van der Waals surface area contributed by atoms with E-state index in [4.69, 9.17) is 0 Å². The van der Waals surface area contributed by atoms with Crippen LogP contribution in [-0.2, 0) is 12.8 Å². The van der Waals surface area contributed by atoms with E-state index < -0.39 is 0 Å². The van der Waals surface area contributed by atoms with E-state index >= 15 is 0 Å². The van der Waals surface area contributed by atoms with Crippen LogP contribution in [0.4, 0.5) is 0 Å². The molecule has 256 valence electrons. The molecule has 0 amide bonds. The van der Waals surface area contributed by atoms with Gasteiger partial charge in [0.2, 0.25) is 0 Å². The van der Waals surface area contributed by atoms with E-state index in [1.165, 1.54) is 110 Å². The van der Waals surface area contributed by atoms with Gasteiger partial charge in [0, 0.05) is 0 Å². The second kappa shape index (κ2) is 13.2. The molecule has 0 N–H and O–H groups in total. The van der Waals surface area contributed by atoms with Crippen LogP contribution >= 0.6 is 0 Å². The first-order valence-electron chi connectivity index (χ1n) is 19.2. The van der Waals surface area contributed by atoms with Crippen molar-refractivity contribution in [3.63, 3.8) is 0 Å². The Bertz CT molecular complexity index is 3000. The summed E-state index contributed by atoms with van der Waals surface area (Å²) in [5, 5.41) is 10.5. The molecule has 0 heterocycles. The van der Waals surface area contributed by atoms with Crippen molar-refractivity contribution in [2.75, 3.05) is 0 Å². The second-order valence-corrected chi connectivity index (χ2v) is 14.7. The minimum Gasteiger partial charge on any atom is -0.0620 e. The molecule has 0 unspecified atom stereocenters. The van der Waals surface area contributed by atoms with Crippen LogP contribution in [0.2, 0.25) is 0 Å². The summed E-state index contributed by atoms with van der Waals surface area (Å²) in [7, 11) is 0. The van der Waals surface area contributed by atoms with Gasteiger partial charge in [-0.1, -0.05) is 183 Å². The zero-order valence-electron chi connectivity index (χ0n) is 30.7. The number of fused-ring (bicyclic) bond motifs is 4. The maximum Gasteiger partial charge on any atom is -0.000729 e. The lowest BCUT2D eigenvalue weighted by molar-refractivity contribution is 1.11. The van der Waals surface area contributed by atoms with E-state index in [9.17, 15) is 0 Å². The first-order valence-corrected chi connectivity index (χ1v) is 19.2. The normalized spacial score (nSPS) is 11.9. The van der Waals surface area contributed by atoms with Crippen LogP contribution in [0, 0.1) is 6.92 Å². The molecule has 0 saturated carbocycles. The summed E-state index contributed by atoms with van der Waals surface area (Å²) in [6.07, 6.45) is 2.15. The number of benzene rings is 10. The van der Waals surface area contributed by atoms with Crippen LogP contribution in [0.5, 0.6) is 0 Å². The van der Waals surface area contributed by atoms with E-state index in [1.807, 2.05) is 0 Å². The second-order valence-electron chi connectivity index (χ2n) is 14.7. The summed E-state index contributed by atoms with van der Waals surface area (Å²) < 4.78 is 0. The molecule has 0 fully saturated rings. The Morgan fingerprint density at radius 1 is 0.389 bits per heavy atom. The number of hydrogen-bond donors (Lipinski definition) is 0. The fourth-order valence-corrected chi connectivity index (χ4v) is 8.93. The third-order valence-electron chi connectivity index (χ3n) is 11.7. The van der Waals surface area contributed by atoms with Crippen LogP contribution in [0.25, 0.3) is 87.6 Å². The summed E-state index contributed by atoms with van der Waals surface area (Å²) in [5.41, 5.74) is 16.2. The lowest BCUT2D eigenvalue weighted by Gasteiger charge is -2.17. The van der Waals surface area contributed by atoms with Gasteiger partial charge >= 0.3 is 0 Å². The van der Waals surface area contributed by atoms with Crippen LogP contribution in [-0.4, -0.2) is 0 Å². The maximum atomic E-state index is 2.33. The van der Waals surface area contributed by atoms with E-state index in [1.54, 1.807) is 0 Å². The van der Waals surface area contributed by atoms with Crippen LogP contribution in [0.1, 0.15) is 29.2 Å². The van der Waals surface area contributed by atoms with Crippen molar-refractivity contribution in [1.82, 2.24) is 0 Å². The summed E-state index contributed by atoms with van der Waals surface area (Å²) in [6.45, 7) is 4.33. The van der Waals surface area contributed by atoms with E-state index in [-0.39, 0.29) is 0 Å². The highest BCUT2D eigenvalue weighted by Crippen LogP contribution is 2.44. The smallest absolute Gasteiger partial charge is 0.000729 e. The highest BCUT2D eigenvalue weighted by Gasteiger charge is 2.21. The minimum atomic E-state index is 1.000. The Kier molecular flexibility index (Phi) is 7.85. The molecule has 0 bridgehead atoms. The van der Waals surface area contributed by atoms with Crippen molar-refractivity contribution < 1.29 is 0 Å². The van der Waals surface area contributed by atoms with Gasteiger partial charge in [-0.3, -0.25) is 0 Å². The predicted molar refractivity (Wildman–Crippen MR) is 233 cm³/mol. The molecular weight excluding hydrogens is 649 g/mol. The molecule has 0 heteroatoms. The van der Waals surface area contributed by atoms with Crippen LogP contribution < -0.4 is 0 Å². The molecule has 11 rings (SSSR count). The maximum absolute atomic E-state index is 2.33. The molecule has 0 aromatic heterocycles. The molecule has 0 radical (unpaired) electrons. The Balaban J connectivity index is 0.000000355. The molecule has 0 nitrogen and oxygen atoms in total. The van der Waals surface area contributed by atoms with E-state index in [2.05, 4.69) is 196 Å². The van der Waals surface area contributed by atoms with Crippen molar-refractivity contribution in [2.24, 2.45) is 0 Å². The molecule has 54 heavy (non-hydrogen) atoms. The number of aryl methyl sites for hydroxylation is 2. The molecule has 0 atom stereocenters. The van der Waals surface area contributed by atoms with Crippen molar-refractivity contribution in [2.45, 2.75) is 26.7 Å². The van der Waals surface area contributed by atoms with E-state index in [0.29, 0.717) is 0 Å². The van der Waals surface area contributed by atoms with E-state index in [0.717, 1.165) is 12.8 Å². The van der Waals surface area contributed by atoms with Gasteiger partial charge in [-0.05, 0) is 136 Å². The Hall–Kier alpha value is -6.50. The summed E-state index contributed by atoms with van der Waals surface area (Å²) in [5.74, 6) is 0. The molecule has 0 spiro atoms. The molecule has 1 aliphatic rings. The van der Waals surface area contributed by atoms with Crippen molar-refractivity contribution in [1.29, 1.82) is 0 Å². The summed E-state index contributed by atoms with van der Waals surface area (Å²) in [6, 6.07) is 67.2. The Morgan fingerprint density at radius 2 is 0.926 bits per heavy atom. The Labute approximate surface area is 317 Å². The Morgan fingerprint density at radius 3 is 1.63 bits per heavy atom. The fraction of sp³-hybridized carbons (Fsp3) is 0.0741. The summed E-state index contributed by atoms with van der Waals surface area (Å²) >= 11 is 0. The third kappa shape index (κ3) is 5.37. The molecule has 0 aliphatic heterocycles. The average molecular weight is 689 g/mol. The first kappa shape index (κ1) is 32.2. The first-order chi connectivity index (χ1) is 26.6. The average Bonchev–Trinajstić information content (AvgIpc) is 3.62. The quantitative estimate of drug-likeness (QED) is 0.161. The molecule has 10 aromatic carbocycles. The monoisotopic (exact) mass is 688 g/mol. The van der Waals surface area contributed by atoms with Gasteiger partial charge in [0.05, 0.1) is 0 Å². The van der Waals surface area contributed by atoms with Crippen molar-refractivity contribution >= 4 is 43.1 Å². The van der Waals surface area contributed by atoms with Crippen molar-refractivity contribution in [3.8, 4) is 44.5 Å². The van der Waals surface area contributed by atoms with Gasteiger partial charge < -0.3 is 0 Å². The number of hydrogen-bond acceptors (Lipinski definition) is 0. The summed E-state index contributed by atoms with van der Waals surface area (Å²) in [4.78, 5) is 0. The minimum absolute atomic E-state index is 1.000. The van der Waals surface area contributed by atoms with Crippen LogP contribution in [0.3, 0.4) is 0 Å². The number of rotatable bonds is 4. The topological polar surface area (TPSA) is 0 Å². The highest BCUT2D eigenvalue weighted by atomic mass is 14.2. The predicted octanol–water partition coefficient (Wildman–Crippen LogP) is 14.9.